The van der Waals surface area contributed by atoms with E-state index in [-0.39, 0.29) is 12.0 Å². The largest absolute Gasteiger partial charge is 0.491 e. The second kappa shape index (κ2) is 9.48. The molecule has 3 rings (SSSR count). The van der Waals surface area contributed by atoms with E-state index < -0.39 is 0 Å². The van der Waals surface area contributed by atoms with E-state index in [1.807, 2.05) is 68.4 Å². The highest BCUT2D eigenvalue weighted by Crippen LogP contribution is 2.36. The molecule has 0 aliphatic carbocycles. The predicted octanol–water partition coefficient (Wildman–Crippen LogP) is 6.47. The van der Waals surface area contributed by atoms with E-state index in [1.165, 1.54) is 6.92 Å². The van der Waals surface area contributed by atoms with Gasteiger partial charge < -0.3 is 14.4 Å². The lowest BCUT2D eigenvalue weighted by Crippen LogP contribution is -2.28. The highest BCUT2D eigenvalue weighted by molar-refractivity contribution is 6.30. The first-order valence-electron chi connectivity index (χ1n) is 9.49. The molecule has 5 heteroatoms. The van der Waals surface area contributed by atoms with Crippen LogP contribution in [0.5, 0.6) is 17.2 Å². The Kier molecular flexibility index (Phi) is 6.78. The van der Waals surface area contributed by atoms with Crippen molar-refractivity contribution in [1.29, 1.82) is 0 Å². The van der Waals surface area contributed by atoms with E-state index in [0.29, 0.717) is 28.8 Å². The van der Waals surface area contributed by atoms with Crippen LogP contribution in [0.2, 0.25) is 5.02 Å². The maximum absolute atomic E-state index is 12.6. The summed E-state index contributed by atoms with van der Waals surface area (Å²) in [5.74, 6) is 1.84. The van der Waals surface area contributed by atoms with Crippen LogP contribution in [0.15, 0.2) is 72.8 Å². The molecular formula is C24H24ClNO3. The number of anilines is 1. The summed E-state index contributed by atoms with van der Waals surface area (Å²) in [4.78, 5) is 14.2. The van der Waals surface area contributed by atoms with E-state index in [4.69, 9.17) is 21.1 Å². The van der Waals surface area contributed by atoms with Crippen molar-refractivity contribution in [3.63, 3.8) is 0 Å². The van der Waals surface area contributed by atoms with Gasteiger partial charge in [0, 0.05) is 23.6 Å². The molecule has 0 atom stereocenters. The summed E-state index contributed by atoms with van der Waals surface area (Å²) in [6, 6.07) is 22.4. The van der Waals surface area contributed by atoms with Gasteiger partial charge in [-0.1, -0.05) is 48.0 Å². The van der Waals surface area contributed by atoms with E-state index in [9.17, 15) is 4.79 Å². The lowest BCUT2D eigenvalue weighted by Gasteiger charge is -2.25. The maximum atomic E-state index is 12.6. The van der Waals surface area contributed by atoms with Crippen LogP contribution in [0.1, 0.15) is 26.3 Å². The van der Waals surface area contributed by atoms with E-state index in [0.717, 1.165) is 11.3 Å². The quantitative estimate of drug-likeness (QED) is 0.449. The third-order valence-electron chi connectivity index (χ3n) is 4.23. The number of amides is 1. The van der Waals surface area contributed by atoms with Crippen molar-refractivity contribution in [3.05, 3.63) is 83.4 Å². The first-order valence-corrected chi connectivity index (χ1v) is 9.87. The molecule has 0 saturated carbocycles. The minimum atomic E-state index is -0.107. The zero-order valence-electron chi connectivity index (χ0n) is 16.8. The molecule has 0 radical (unpaired) electrons. The molecule has 0 heterocycles. The fourth-order valence-electron chi connectivity index (χ4n) is 2.95. The molecule has 29 heavy (non-hydrogen) atoms. The van der Waals surface area contributed by atoms with Crippen LogP contribution in [0.25, 0.3) is 0 Å². The Morgan fingerprint density at radius 3 is 2.34 bits per heavy atom. The Morgan fingerprint density at radius 1 is 0.966 bits per heavy atom. The Morgan fingerprint density at radius 2 is 1.66 bits per heavy atom. The molecule has 3 aromatic rings. The lowest BCUT2D eigenvalue weighted by atomic mass is 9.88. The number of rotatable bonds is 7. The van der Waals surface area contributed by atoms with Gasteiger partial charge in [-0.15, -0.1) is 0 Å². The number of para-hydroxylation sites is 2. The Bertz CT molecular complexity index is 973. The van der Waals surface area contributed by atoms with E-state index >= 15 is 0 Å². The van der Waals surface area contributed by atoms with Gasteiger partial charge in [0.15, 0.2) is 5.75 Å². The Balaban J connectivity index is 1.97. The molecule has 150 valence electrons. The summed E-state index contributed by atoms with van der Waals surface area (Å²) < 4.78 is 12.0. The molecule has 4 nitrogen and oxygen atoms in total. The average Bonchev–Trinajstić information content (AvgIpc) is 2.68. The van der Waals surface area contributed by atoms with Crippen LogP contribution < -0.4 is 14.4 Å². The van der Waals surface area contributed by atoms with Gasteiger partial charge in [-0.2, -0.15) is 0 Å². The predicted molar refractivity (Wildman–Crippen MR) is 117 cm³/mol. The van der Waals surface area contributed by atoms with Crippen molar-refractivity contribution in [2.24, 2.45) is 0 Å². The molecule has 1 amide bonds. The summed E-state index contributed by atoms with van der Waals surface area (Å²) >= 11 is 6.21. The molecule has 0 saturated heterocycles. The summed E-state index contributed by atoms with van der Waals surface area (Å²) in [7, 11) is 0. The number of hydrogen-bond donors (Lipinski definition) is 0. The van der Waals surface area contributed by atoms with Crippen LogP contribution in [0.3, 0.4) is 0 Å². The third kappa shape index (κ3) is 5.52. The first kappa shape index (κ1) is 20.7. The normalized spacial score (nSPS) is 10.7. The minimum absolute atomic E-state index is 0.0365. The van der Waals surface area contributed by atoms with Gasteiger partial charge in [0.2, 0.25) is 5.91 Å². The van der Waals surface area contributed by atoms with Crippen LogP contribution >= 0.6 is 11.6 Å². The standard InChI is InChI=1S/C24H24ClNO3/c1-17(2)28-23-12-8-7-9-19(23)16-26(18(3)27)22-14-13-20(25)15-24(22)29-21-10-5-4-6-11-21/h4-15,17H,16H2,1-3H3/i17-1. The molecule has 0 aliphatic heterocycles. The van der Waals surface area contributed by atoms with Gasteiger partial charge in [-0.25, -0.2) is 0 Å². The van der Waals surface area contributed by atoms with Gasteiger partial charge in [0.05, 0.1) is 18.3 Å². The molecule has 0 fully saturated rings. The number of halogens is 1. The smallest absolute Gasteiger partial charge is 0.224 e. The number of ether oxygens (including phenoxy) is 2. The zero-order chi connectivity index (χ0) is 20.8. The molecule has 0 spiro atoms. The fourth-order valence-corrected chi connectivity index (χ4v) is 3.11. The molecule has 0 aromatic heterocycles. The first-order chi connectivity index (χ1) is 13.9. The second-order valence-electron chi connectivity index (χ2n) is 6.91. The monoisotopic (exact) mass is 408 g/mol. The van der Waals surface area contributed by atoms with Crippen LogP contribution in [0.4, 0.5) is 5.69 Å². The van der Waals surface area contributed by atoms with Gasteiger partial charge >= 0.3 is 0 Å². The molecule has 0 unspecified atom stereocenters. The maximum Gasteiger partial charge on any atom is 0.224 e. The van der Waals surface area contributed by atoms with Crippen molar-refractivity contribution in [1.82, 2.24) is 0 Å². The Labute approximate surface area is 176 Å². The lowest BCUT2D eigenvalue weighted by molar-refractivity contribution is -0.116. The summed E-state index contributed by atoms with van der Waals surface area (Å²) in [5.41, 5.74) is 1.56. The zero-order valence-corrected chi connectivity index (χ0v) is 17.5. The molecule has 3 aromatic carbocycles. The topological polar surface area (TPSA) is 38.8 Å². The minimum Gasteiger partial charge on any atom is -0.491 e. The van der Waals surface area contributed by atoms with Crippen molar-refractivity contribution in [3.8, 4) is 17.2 Å². The number of carbonyl (C=O) groups is 1. The Hall–Kier alpha value is -2.98. The number of hydrogen-bond acceptors (Lipinski definition) is 3. The average molecular weight is 409 g/mol. The molecular weight excluding hydrogens is 385 g/mol. The SMILES string of the molecule is CC(=O)N(Cc1ccccc1O[11CH](C)C)c1ccc(Cl)cc1Oc1ccccc1. The van der Waals surface area contributed by atoms with Gasteiger partial charge in [0.25, 0.3) is 0 Å². The van der Waals surface area contributed by atoms with Crippen LogP contribution in [0, 0.1) is 0 Å². The van der Waals surface area contributed by atoms with E-state index in [2.05, 4.69) is 0 Å². The van der Waals surface area contributed by atoms with Crippen molar-refractivity contribution >= 4 is 23.2 Å². The molecule has 0 bridgehead atoms. The van der Waals surface area contributed by atoms with Crippen molar-refractivity contribution in [2.45, 2.75) is 33.4 Å². The van der Waals surface area contributed by atoms with Crippen molar-refractivity contribution in [2.75, 3.05) is 4.90 Å². The van der Waals surface area contributed by atoms with Gasteiger partial charge in [-0.3, -0.25) is 4.79 Å². The van der Waals surface area contributed by atoms with Crippen molar-refractivity contribution < 1.29 is 14.3 Å². The van der Waals surface area contributed by atoms with Crippen LogP contribution in [-0.4, -0.2) is 12.0 Å². The third-order valence-corrected chi connectivity index (χ3v) is 4.46. The van der Waals surface area contributed by atoms with Gasteiger partial charge in [0.1, 0.15) is 11.5 Å². The van der Waals surface area contributed by atoms with E-state index in [1.54, 1.807) is 23.1 Å². The summed E-state index contributed by atoms with van der Waals surface area (Å²) in [6.07, 6.45) is 0.0365. The fraction of sp³-hybridized carbons (Fsp3) is 0.208. The number of benzene rings is 3. The van der Waals surface area contributed by atoms with Crippen LogP contribution in [-0.2, 0) is 11.3 Å². The second-order valence-corrected chi connectivity index (χ2v) is 7.34. The summed E-state index contributed by atoms with van der Waals surface area (Å²) in [5, 5.41) is 0.534. The highest BCUT2D eigenvalue weighted by atomic mass is 35.5. The number of carbonyl (C=O) groups excluding carboxylic acids is 1. The highest BCUT2D eigenvalue weighted by Gasteiger charge is 2.20. The summed E-state index contributed by atoms with van der Waals surface area (Å²) in [6.45, 7) is 5.84. The number of nitrogens with zero attached hydrogens (tertiary/aromatic N) is 1. The molecule has 0 N–H and O–H groups in total. The van der Waals surface area contributed by atoms with Gasteiger partial charge in [-0.05, 0) is 44.2 Å². The molecule has 0 aliphatic rings.